The van der Waals surface area contributed by atoms with Crippen LogP contribution in [-0.4, -0.2) is 23.8 Å². The molecule has 0 saturated heterocycles. The predicted octanol–water partition coefficient (Wildman–Crippen LogP) is 1.81. The van der Waals surface area contributed by atoms with Crippen molar-refractivity contribution >= 4 is 12.2 Å². The lowest BCUT2D eigenvalue weighted by atomic mass is 9.97. The summed E-state index contributed by atoms with van der Waals surface area (Å²) < 4.78 is 0. The summed E-state index contributed by atoms with van der Waals surface area (Å²) in [7, 11) is 0. The number of nitrogens with two attached hydrogens (primary N) is 1. The Hall–Kier alpha value is -1.16. The summed E-state index contributed by atoms with van der Waals surface area (Å²) in [6.45, 7) is 4.26. The molecule has 0 aromatic rings. The number of nitrogens with zero attached hydrogens (tertiary/aromatic N) is 1. The number of carboxylic acids is 1. The Morgan fingerprint density at radius 2 is 2.31 bits per heavy atom. The van der Waals surface area contributed by atoms with Crippen LogP contribution in [0, 0.1) is 11.3 Å². The van der Waals surface area contributed by atoms with Crippen LogP contribution in [0.1, 0.15) is 33.1 Å². The van der Waals surface area contributed by atoms with E-state index >= 15 is 0 Å². The lowest BCUT2D eigenvalue weighted by Gasteiger charge is -2.12. The van der Waals surface area contributed by atoms with E-state index in [1.54, 1.807) is 19.2 Å². The Morgan fingerprint density at radius 3 is 2.75 bits per heavy atom. The molecule has 0 aromatic carbocycles. The molecule has 0 aliphatic heterocycles. The van der Waals surface area contributed by atoms with E-state index in [0.717, 1.165) is 12.8 Å². The molecule has 2 unspecified atom stereocenters. The molecular formula is C12H20N2O2. The van der Waals surface area contributed by atoms with Gasteiger partial charge in [0.2, 0.25) is 0 Å². The second kappa shape index (κ2) is 5.25. The first-order valence-electron chi connectivity index (χ1n) is 5.72. The molecule has 4 heteroatoms. The van der Waals surface area contributed by atoms with Gasteiger partial charge in [0.05, 0.1) is 5.70 Å². The molecule has 0 aromatic heterocycles. The normalized spacial score (nSPS) is 29.7. The number of allylic oxidation sites excluding steroid dienone is 1. The summed E-state index contributed by atoms with van der Waals surface area (Å²) >= 11 is 0. The monoisotopic (exact) mass is 224 g/mol. The van der Waals surface area contributed by atoms with Crippen molar-refractivity contribution in [2.24, 2.45) is 22.1 Å². The van der Waals surface area contributed by atoms with E-state index in [1.807, 2.05) is 6.92 Å². The third-order valence-electron chi connectivity index (χ3n) is 3.24. The van der Waals surface area contributed by atoms with Gasteiger partial charge in [-0.3, -0.25) is 9.79 Å². The number of hydrogen-bond donors (Lipinski definition) is 2. The van der Waals surface area contributed by atoms with Crippen molar-refractivity contribution in [3.63, 3.8) is 0 Å². The zero-order valence-corrected chi connectivity index (χ0v) is 9.94. The minimum Gasteiger partial charge on any atom is -0.481 e. The van der Waals surface area contributed by atoms with Gasteiger partial charge in [0.1, 0.15) is 5.41 Å². The van der Waals surface area contributed by atoms with Crippen molar-refractivity contribution in [3.05, 3.63) is 11.8 Å². The molecule has 3 N–H and O–H groups in total. The quantitative estimate of drug-likeness (QED) is 0.675. The first-order valence-corrected chi connectivity index (χ1v) is 5.72. The van der Waals surface area contributed by atoms with Crippen molar-refractivity contribution in [3.8, 4) is 0 Å². The maximum absolute atomic E-state index is 11.4. The topological polar surface area (TPSA) is 75.7 Å². The van der Waals surface area contributed by atoms with Gasteiger partial charge in [-0.2, -0.15) is 0 Å². The van der Waals surface area contributed by atoms with Crippen molar-refractivity contribution in [1.82, 2.24) is 0 Å². The number of aliphatic carboxylic acids is 1. The van der Waals surface area contributed by atoms with E-state index < -0.39 is 11.4 Å². The zero-order valence-electron chi connectivity index (χ0n) is 9.94. The van der Waals surface area contributed by atoms with E-state index in [2.05, 4.69) is 4.99 Å². The third-order valence-corrected chi connectivity index (χ3v) is 3.24. The van der Waals surface area contributed by atoms with Crippen LogP contribution in [0.4, 0.5) is 0 Å². The first kappa shape index (κ1) is 12.9. The van der Waals surface area contributed by atoms with Gasteiger partial charge in [0.15, 0.2) is 0 Å². The van der Waals surface area contributed by atoms with Gasteiger partial charge in [-0.1, -0.05) is 6.08 Å². The van der Waals surface area contributed by atoms with Gasteiger partial charge in [0, 0.05) is 6.21 Å². The summed E-state index contributed by atoms with van der Waals surface area (Å²) in [6.07, 6.45) is 5.90. The van der Waals surface area contributed by atoms with Crippen LogP contribution in [0.15, 0.2) is 16.8 Å². The molecule has 1 saturated carbocycles. The summed E-state index contributed by atoms with van der Waals surface area (Å²) in [5.41, 5.74) is 5.39. The van der Waals surface area contributed by atoms with Crippen molar-refractivity contribution in [1.29, 1.82) is 0 Å². The van der Waals surface area contributed by atoms with Crippen LogP contribution in [-0.2, 0) is 4.79 Å². The molecule has 4 nitrogen and oxygen atoms in total. The lowest BCUT2D eigenvalue weighted by molar-refractivity contribution is -0.142. The van der Waals surface area contributed by atoms with Crippen LogP contribution in [0.3, 0.4) is 0 Å². The van der Waals surface area contributed by atoms with Crippen LogP contribution in [0.25, 0.3) is 0 Å². The average Bonchev–Trinajstić information content (AvgIpc) is 2.98. The number of carboxylic acid groups (broad SMARTS) is 1. The second-order valence-electron chi connectivity index (χ2n) is 4.17. The molecule has 0 radical (unpaired) electrons. The fourth-order valence-corrected chi connectivity index (χ4v) is 2.31. The molecule has 2 atom stereocenters. The van der Waals surface area contributed by atoms with Gasteiger partial charge >= 0.3 is 5.97 Å². The largest absolute Gasteiger partial charge is 0.481 e. The van der Waals surface area contributed by atoms with Gasteiger partial charge in [-0.15, -0.1) is 0 Å². The highest BCUT2D eigenvalue weighted by molar-refractivity contribution is 5.83. The Kier molecular flexibility index (Phi) is 4.24. The first-order chi connectivity index (χ1) is 7.63. The molecule has 16 heavy (non-hydrogen) atoms. The van der Waals surface area contributed by atoms with E-state index in [1.165, 1.54) is 0 Å². The molecule has 0 spiro atoms. The maximum Gasteiger partial charge on any atom is 0.316 e. The van der Waals surface area contributed by atoms with Gasteiger partial charge in [-0.05, 0) is 45.6 Å². The average molecular weight is 224 g/mol. The summed E-state index contributed by atoms with van der Waals surface area (Å²) in [5, 5.41) is 9.36. The highest BCUT2D eigenvalue weighted by Crippen LogP contribution is 2.60. The highest BCUT2D eigenvalue weighted by atomic mass is 16.4. The Morgan fingerprint density at radius 1 is 1.62 bits per heavy atom. The fraction of sp³-hybridized carbons (Fsp3) is 0.667. The molecular weight excluding hydrogens is 204 g/mol. The highest BCUT2D eigenvalue weighted by Gasteiger charge is 2.62. The number of rotatable bonds is 6. The molecule has 1 aliphatic carbocycles. The molecule has 0 heterocycles. The summed E-state index contributed by atoms with van der Waals surface area (Å²) in [5.74, 6) is -0.559. The molecule has 0 bridgehead atoms. The van der Waals surface area contributed by atoms with Crippen LogP contribution < -0.4 is 5.73 Å². The standard InChI is InChI=1S/C12H20N2O2/c1-3-10(14-4-2)12(11(15)16)8-9(12)6-5-7-13/h3-4,9H,5-8,13H2,1-2H3,(H,15,16)/b10-3-,14-4?. The predicted molar refractivity (Wildman–Crippen MR) is 64.4 cm³/mol. The molecule has 1 aliphatic rings. The van der Waals surface area contributed by atoms with E-state index in [0.29, 0.717) is 18.7 Å². The minimum absolute atomic E-state index is 0.198. The molecule has 1 rings (SSSR count). The molecule has 90 valence electrons. The second-order valence-corrected chi connectivity index (χ2v) is 4.17. The van der Waals surface area contributed by atoms with Crippen LogP contribution in [0.2, 0.25) is 0 Å². The van der Waals surface area contributed by atoms with Gasteiger partial charge in [-0.25, -0.2) is 0 Å². The zero-order chi connectivity index (χ0) is 12.2. The fourth-order valence-electron chi connectivity index (χ4n) is 2.31. The number of hydrogen-bond acceptors (Lipinski definition) is 3. The Balaban J connectivity index is 2.82. The Labute approximate surface area is 96.2 Å². The summed E-state index contributed by atoms with van der Waals surface area (Å²) in [6, 6.07) is 0. The third kappa shape index (κ3) is 2.16. The van der Waals surface area contributed by atoms with E-state index in [4.69, 9.17) is 5.73 Å². The van der Waals surface area contributed by atoms with Crippen molar-refractivity contribution in [2.45, 2.75) is 33.1 Å². The van der Waals surface area contributed by atoms with Crippen molar-refractivity contribution < 1.29 is 9.90 Å². The van der Waals surface area contributed by atoms with Crippen molar-refractivity contribution in [2.75, 3.05) is 6.54 Å². The van der Waals surface area contributed by atoms with Crippen LogP contribution >= 0.6 is 0 Å². The number of carbonyl (C=O) groups is 1. The lowest BCUT2D eigenvalue weighted by Crippen LogP contribution is -2.20. The Bertz CT molecular complexity index is 323. The minimum atomic E-state index is -0.756. The van der Waals surface area contributed by atoms with E-state index in [-0.39, 0.29) is 5.92 Å². The smallest absolute Gasteiger partial charge is 0.316 e. The maximum atomic E-state index is 11.4. The van der Waals surface area contributed by atoms with E-state index in [9.17, 15) is 9.90 Å². The SMILES string of the molecule is CC=N/C(=C\C)C1(C(=O)O)CC1CCCN. The van der Waals surface area contributed by atoms with Crippen LogP contribution in [0.5, 0.6) is 0 Å². The summed E-state index contributed by atoms with van der Waals surface area (Å²) in [4.78, 5) is 15.6. The van der Waals surface area contributed by atoms with Gasteiger partial charge < -0.3 is 10.8 Å². The molecule has 1 fully saturated rings. The van der Waals surface area contributed by atoms with Gasteiger partial charge in [0.25, 0.3) is 0 Å². The molecule has 0 amide bonds. The number of aliphatic imine (C=N–C) groups is 1.